The van der Waals surface area contributed by atoms with Gasteiger partial charge in [-0.2, -0.15) is 0 Å². The number of hydrogen-bond donors (Lipinski definition) is 2. The van der Waals surface area contributed by atoms with E-state index in [4.69, 9.17) is 5.73 Å². The molecule has 3 N–H and O–H groups in total. The Hall–Kier alpha value is -0.0800. The van der Waals surface area contributed by atoms with Gasteiger partial charge in [-0.25, -0.2) is 0 Å². The third kappa shape index (κ3) is 1.40. The van der Waals surface area contributed by atoms with Crippen LogP contribution in [-0.2, 0) is 0 Å². The lowest BCUT2D eigenvalue weighted by atomic mass is 9.66. The molecule has 2 aliphatic rings. The molecule has 0 radical (unpaired) electrons. The predicted molar refractivity (Wildman–Crippen MR) is 57.9 cm³/mol. The quantitative estimate of drug-likeness (QED) is 0.676. The lowest BCUT2D eigenvalue weighted by Crippen LogP contribution is -2.55. The number of nitrogens with two attached hydrogens (primary N) is 1. The Kier molecular flexibility index (Phi) is 2.04. The van der Waals surface area contributed by atoms with Gasteiger partial charge in [0.1, 0.15) is 0 Å². The van der Waals surface area contributed by atoms with E-state index in [2.05, 4.69) is 20.8 Å². The molecule has 0 aromatic rings. The fourth-order valence-corrected chi connectivity index (χ4v) is 3.32. The van der Waals surface area contributed by atoms with E-state index >= 15 is 0 Å². The van der Waals surface area contributed by atoms with Gasteiger partial charge in [-0.05, 0) is 43.4 Å². The van der Waals surface area contributed by atoms with Crippen LogP contribution in [0, 0.1) is 11.3 Å². The van der Waals surface area contributed by atoms with E-state index in [9.17, 15) is 5.11 Å². The van der Waals surface area contributed by atoms with Crippen molar-refractivity contribution in [3.63, 3.8) is 0 Å². The minimum absolute atomic E-state index is 0.266. The normalized spacial score (nSPS) is 51.6. The summed E-state index contributed by atoms with van der Waals surface area (Å²) in [5, 5.41) is 10.7. The molecule has 0 amide bonds. The molecule has 0 saturated heterocycles. The largest absolute Gasteiger partial charge is 0.388 e. The first-order valence-electron chi connectivity index (χ1n) is 5.80. The molecule has 2 nitrogen and oxygen atoms in total. The van der Waals surface area contributed by atoms with Crippen LogP contribution in [0.5, 0.6) is 0 Å². The fourth-order valence-electron chi connectivity index (χ4n) is 3.32. The average molecular weight is 197 g/mol. The van der Waals surface area contributed by atoms with E-state index in [-0.39, 0.29) is 11.0 Å². The van der Waals surface area contributed by atoms with Crippen LogP contribution in [0.1, 0.15) is 52.9 Å². The second-order valence-electron chi connectivity index (χ2n) is 6.37. The molecule has 2 rings (SSSR count). The van der Waals surface area contributed by atoms with E-state index in [1.165, 1.54) is 6.42 Å². The zero-order chi connectivity index (χ0) is 10.6. The molecule has 0 aliphatic heterocycles. The Morgan fingerprint density at radius 3 is 2.29 bits per heavy atom. The average Bonchev–Trinajstić information content (AvgIpc) is 2.58. The van der Waals surface area contributed by atoms with Crippen molar-refractivity contribution in [2.45, 2.75) is 64.0 Å². The molecule has 14 heavy (non-hydrogen) atoms. The fraction of sp³-hybridized carbons (Fsp3) is 1.00. The van der Waals surface area contributed by atoms with Crippen molar-refractivity contribution in [2.75, 3.05) is 0 Å². The van der Waals surface area contributed by atoms with Gasteiger partial charge in [0.25, 0.3) is 0 Å². The first-order chi connectivity index (χ1) is 6.29. The second-order valence-corrected chi connectivity index (χ2v) is 6.37. The highest BCUT2D eigenvalue weighted by molar-refractivity contribution is 5.19. The summed E-state index contributed by atoms with van der Waals surface area (Å²) in [5.74, 6) is 0.501. The van der Waals surface area contributed by atoms with Crippen molar-refractivity contribution in [3.8, 4) is 0 Å². The van der Waals surface area contributed by atoms with Crippen molar-refractivity contribution >= 4 is 0 Å². The highest BCUT2D eigenvalue weighted by Crippen LogP contribution is 2.56. The van der Waals surface area contributed by atoms with Crippen molar-refractivity contribution in [2.24, 2.45) is 17.1 Å². The number of hydrogen-bond acceptors (Lipinski definition) is 2. The van der Waals surface area contributed by atoms with Crippen molar-refractivity contribution in [1.82, 2.24) is 0 Å². The minimum atomic E-state index is -0.589. The molecular weight excluding hydrogens is 174 g/mol. The summed E-state index contributed by atoms with van der Waals surface area (Å²) in [4.78, 5) is 0. The number of rotatable bonds is 1. The second kappa shape index (κ2) is 2.73. The van der Waals surface area contributed by atoms with Crippen molar-refractivity contribution in [3.05, 3.63) is 0 Å². The van der Waals surface area contributed by atoms with Crippen molar-refractivity contribution < 1.29 is 5.11 Å². The van der Waals surface area contributed by atoms with E-state index in [1.807, 2.05) is 0 Å². The van der Waals surface area contributed by atoms with Gasteiger partial charge in [0, 0.05) is 5.54 Å². The molecule has 3 atom stereocenters. The van der Waals surface area contributed by atoms with Gasteiger partial charge in [-0.15, -0.1) is 0 Å². The summed E-state index contributed by atoms with van der Waals surface area (Å²) in [5.41, 5.74) is 5.67. The van der Waals surface area contributed by atoms with Gasteiger partial charge >= 0.3 is 0 Å². The van der Waals surface area contributed by atoms with Crippen LogP contribution in [0.25, 0.3) is 0 Å². The van der Waals surface area contributed by atoms with E-state index in [0.717, 1.165) is 25.7 Å². The first kappa shape index (κ1) is 10.4. The summed E-state index contributed by atoms with van der Waals surface area (Å²) in [6, 6.07) is 0. The highest BCUT2D eigenvalue weighted by atomic mass is 16.3. The highest BCUT2D eigenvalue weighted by Gasteiger charge is 2.63. The minimum Gasteiger partial charge on any atom is -0.388 e. The zero-order valence-electron chi connectivity index (χ0n) is 9.64. The third-order valence-electron chi connectivity index (χ3n) is 4.44. The van der Waals surface area contributed by atoms with Crippen LogP contribution in [0.4, 0.5) is 0 Å². The molecule has 0 heterocycles. The lowest BCUT2D eigenvalue weighted by Gasteiger charge is -2.45. The van der Waals surface area contributed by atoms with Gasteiger partial charge in [0.05, 0.1) is 5.60 Å². The Balaban J connectivity index is 2.16. The van der Waals surface area contributed by atoms with Gasteiger partial charge < -0.3 is 10.8 Å². The maximum Gasteiger partial charge on any atom is 0.0834 e. The van der Waals surface area contributed by atoms with Crippen LogP contribution in [-0.4, -0.2) is 16.2 Å². The zero-order valence-corrected chi connectivity index (χ0v) is 9.64. The molecule has 0 spiro atoms. The maximum absolute atomic E-state index is 10.7. The van der Waals surface area contributed by atoms with E-state index < -0.39 is 5.60 Å². The first-order valence-corrected chi connectivity index (χ1v) is 5.80. The maximum atomic E-state index is 10.7. The van der Waals surface area contributed by atoms with Crippen molar-refractivity contribution in [1.29, 1.82) is 0 Å². The molecule has 2 heteroatoms. The standard InChI is InChI=1S/C12H23NO/c1-9-7-12(9,13)11(14)6-4-5-10(2,3)8-11/h9,14H,4-8,13H2,1-3H3. The van der Waals surface area contributed by atoms with Crippen LogP contribution in [0.2, 0.25) is 0 Å². The van der Waals surface area contributed by atoms with Gasteiger partial charge in [-0.3, -0.25) is 0 Å². The van der Waals surface area contributed by atoms with Gasteiger partial charge in [-0.1, -0.05) is 20.8 Å². The van der Waals surface area contributed by atoms with Crippen LogP contribution >= 0.6 is 0 Å². The third-order valence-corrected chi connectivity index (χ3v) is 4.44. The molecule has 3 unspecified atom stereocenters. The van der Waals surface area contributed by atoms with Gasteiger partial charge in [0.15, 0.2) is 0 Å². The summed E-state index contributed by atoms with van der Waals surface area (Å²) in [7, 11) is 0. The molecule has 2 fully saturated rings. The summed E-state index contributed by atoms with van der Waals surface area (Å²) >= 11 is 0. The monoisotopic (exact) mass is 197 g/mol. The molecule has 0 aromatic carbocycles. The number of aliphatic hydroxyl groups is 1. The van der Waals surface area contributed by atoms with Crippen LogP contribution in [0.3, 0.4) is 0 Å². The molecule has 0 bridgehead atoms. The molecular formula is C12H23NO. The molecule has 2 saturated carbocycles. The van der Waals surface area contributed by atoms with E-state index in [1.54, 1.807) is 0 Å². The summed E-state index contributed by atoms with van der Waals surface area (Å²) in [6.07, 6.45) is 5.12. The summed E-state index contributed by atoms with van der Waals surface area (Å²) < 4.78 is 0. The molecule has 2 aliphatic carbocycles. The Bertz CT molecular complexity index is 251. The molecule has 0 aromatic heterocycles. The Morgan fingerprint density at radius 1 is 1.29 bits per heavy atom. The Labute approximate surface area is 86.9 Å². The Morgan fingerprint density at radius 2 is 1.86 bits per heavy atom. The summed E-state index contributed by atoms with van der Waals surface area (Å²) in [6.45, 7) is 6.64. The van der Waals surface area contributed by atoms with E-state index in [0.29, 0.717) is 5.92 Å². The van der Waals surface area contributed by atoms with Crippen LogP contribution in [0.15, 0.2) is 0 Å². The topological polar surface area (TPSA) is 46.2 Å². The smallest absolute Gasteiger partial charge is 0.0834 e. The predicted octanol–water partition coefficient (Wildman–Crippen LogP) is 2.05. The lowest BCUT2D eigenvalue weighted by molar-refractivity contribution is -0.0695. The SMILES string of the molecule is CC1CC1(N)C1(O)CCCC(C)(C)C1. The van der Waals surface area contributed by atoms with Gasteiger partial charge in [0.2, 0.25) is 0 Å². The molecule has 82 valence electrons. The van der Waals surface area contributed by atoms with Crippen LogP contribution < -0.4 is 5.73 Å².